The average Bonchev–Trinajstić information content (AvgIpc) is 3.41. The van der Waals surface area contributed by atoms with Gasteiger partial charge in [0.25, 0.3) is 11.8 Å². The molecule has 1 unspecified atom stereocenters. The molecule has 9 nitrogen and oxygen atoms in total. The van der Waals surface area contributed by atoms with E-state index in [4.69, 9.17) is 9.47 Å². The number of hydrogen-bond acceptors (Lipinski definition) is 7. The van der Waals surface area contributed by atoms with Crippen molar-refractivity contribution >= 4 is 17.5 Å². The molecule has 3 aromatic carbocycles. The lowest BCUT2D eigenvalue weighted by molar-refractivity contribution is -0.160. The fourth-order valence-electron chi connectivity index (χ4n) is 5.75. The van der Waals surface area contributed by atoms with Gasteiger partial charge in [-0.1, -0.05) is 18.2 Å². The first kappa shape index (κ1) is 31.6. The number of aliphatic hydroxyl groups is 1. The number of amides is 2. The molecular formula is C31H28F5N3O6. The number of carbonyl (C=O) groups excluding carboxylic acids is 2. The van der Waals surface area contributed by atoms with Gasteiger partial charge in [0.1, 0.15) is 11.3 Å². The minimum Gasteiger partial charge on any atom is -0.509 e. The smallest absolute Gasteiger partial charge is 0.416 e. The largest absolute Gasteiger partial charge is 0.509 e. The summed E-state index contributed by atoms with van der Waals surface area (Å²) < 4.78 is 80.8. The van der Waals surface area contributed by atoms with Crippen molar-refractivity contribution in [1.29, 1.82) is 0 Å². The molecule has 0 saturated carbocycles. The number of rotatable bonds is 7. The number of fused-ring (bicyclic) bond motifs is 1. The van der Waals surface area contributed by atoms with Crippen molar-refractivity contribution in [1.82, 2.24) is 10.0 Å². The van der Waals surface area contributed by atoms with Crippen LogP contribution in [0.2, 0.25) is 0 Å². The molecule has 0 aromatic heterocycles. The van der Waals surface area contributed by atoms with Gasteiger partial charge in [-0.25, -0.2) is 9.40 Å². The van der Waals surface area contributed by atoms with E-state index >= 15 is 0 Å². The number of ether oxygens (including phenoxy) is 2. The summed E-state index contributed by atoms with van der Waals surface area (Å²) in [5.74, 6) is -6.33. The minimum absolute atomic E-state index is 0.0778. The van der Waals surface area contributed by atoms with Crippen LogP contribution in [-0.4, -0.2) is 58.3 Å². The zero-order valence-electron chi connectivity index (χ0n) is 24.3. The number of halogens is 5. The Bertz CT molecular complexity index is 1730. The van der Waals surface area contributed by atoms with Crippen LogP contribution in [0.3, 0.4) is 0 Å². The van der Waals surface area contributed by atoms with Crippen molar-refractivity contribution in [3.05, 3.63) is 82.6 Å². The molecule has 1 saturated heterocycles. The summed E-state index contributed by atoms with van der Waals surface area (Å²) in [5, 5.41) is 25.7. The summed E-state index contributed by atoms with van der Waals surface area (Å²) in [5.41, 5.74) is -3.48. The topological polar surface area (TPSA) is 112 Å². The highest BCUT2D eigenvalue weighted by atomic mass is 19.4. The normalized spacial score (nSPS) is 18.7. The summed E-state index contributed by atoms with van der Waals surface area (Å²) in [6.07, 6.45) is -3.98. The summed E-state index contributed by atoms with van der Waals surface area (Å²) in [6, 6.07) is 9.07. The van der Waals surface area contributed by atoms with Crippen LogP contribution in [0.5, 0.6) is 17.2 Å². The molecule has 0 bridgehead atoms. The highest BCUT2D eigenvalue weighted by Gasteiger charge is 2.53. The van der Waals surface area contributed by atoms with Crippen LogP contribution in [-0.2, 0) is 22.3 Å². The van der Waals surface area contributed by atoms with E-state index in [0.29, 0.717) is 12.8 Å². The third-order valence-corrected chi connectivity index (χ3v) is 8.07. The molecule has 5 rings (SSSR count). The van der Waals surface area contributed by atoms with E-state index in [1.807, 2.05) is 0 Å². The standard InChI is InChI=1S/C31H28F5N3O6/c1-30-12-5-13-39(30)38(15-16-8-11-21(40)25(33)24(16)32)29(43)23(27(30)41)28(42)37-20-10-9-17(31(34,35)36)14-19(20)18-6-4-7-22(44-2)26(18)45-3/h4,6-11,14,40-41H,5,12-13,15H2,1-3H3,(H,37,42). The van der Waals surface area contributed by atoms with Gasteiger partial charge in [-0.15, -0.1) is 0 Å². The first-order valence-corrected chi connectivity index (χ1v) is 13.7. The predicted molar refractivity (Wildman–Crippen MR) is 151 cm³/mol. The number of methoxy groups -OCH3 is 2. The van der Waals surface area contributed by atoms with Crippen LogP contribution in [0.1, 0.15) is 30.9 Å². The molecule has 14 heteroatoms. The van der Waals surface area contributed by atoms with Crippen LogP contribution in [0, 0.1) is 11.6 Å². The van der Waals surface area contributed by atoms with Crippen molar-refractivity contribution < 1.29 is 51.2 Å². The third kappa shape index (κ3) is 5.39. The van der Waals surface area contributed by atoms with Gasteiger partial charge in [-0.05, 0) is 50.1 Å². The third-order valence-electron chi connectivity index (χ3n) is 8.07. The van der Waals surface area contributed by atoms with Crippen molar-refractivity contribution in [3.63, 3.8) is 0 Å². The molecule has 3 aromatic rings. The summed E-state index contributed by atoms with van der Waals surface area (Å²) in [7, 11) is 2.64. The highest BCUT2D eigenvalue weighted by Crippen LogP contribution is 2.45. The van der Waals surface area contributed by atoms with Crippen LogP contribution in [0.4, 0.5) is 27.6 Å². The molecule has 0 radical (unpaired) electrons. The van der Waals surface area contributed by atoms with E-state index < -0.39 is 64.4 Å². The van der Waals surface area contributed by atoms with E-state index in [2.05, 4.69) is 5.32 Å². The summed E-state index contributed by atoms with van der Waals surface area (Å²) in [6.45, 7) is 1.26. The number of aromatic hydroxyl groups is 1. The molecule has 45 heavy (non-hydrogen) atoms. The van der Waals surface area contributed by atoms with Gasteiger partial charge in [-0.3, -0.25) is 14.6 Å². The maximum Gasteiger partial charge on any atom is 0.416 e. The Morgan fingerprint density at radius 3 is 2.42 bits per heavy atom. The van der Waals surface area contributed by atoms with E-state index in [9.17, 15) is 41.8 Å². The van der Waals surface area contributed by atoms with Crippen molar-refractivity contribution in [2.75, 3.05) is 26.1 Å². The lowest BCUT2D eigenvalue weighted by Gasteiger charge is -2.46. The Hall–Kier alpha value is -4.85. The Balaban J connectivity index is 1.58. The summed E-state index contributed by atoms with van der Waals surface area (Å²) >= 11 is 0. The molecule has 1 fully saturated rings. The number of nitrogens with zero attached hydrogens (tertiary/aromatic N) is 2. The second-order valence-electron chi connectivity index (χ2n) is 10.7. The average molecular weight is 634 g/mol. The first-order chi connectivity index (χ1) is 21.2. The maximum absolute atomic E-state index is 14.7. The molecule has 2 amide bonds. The monoisotopic (exact) mass is 633 g/mol. The van der Waals surface area contributed by atoms with Gasteiger partial charge in [0.2, 0.25) is 5.82 Å². The first-order valence-electron chi connectivity index (χ1n) is 13.7. The number of alkyl halides is 3. The van der Waals surface area contributed by atoms with Crippen LogP contribution >= 0.6 is 0 Å². The van der Waals surface area contributed by atoms with Crippen molar-refractivity contribution in [2.24, 2.45) is 0 Å². The number of hydrogen-bond donors (Lipinski definition) is 3. The van der Waals surface area contributed by atoms with Gasteiger partial charge in [-0.2, -0.15) is 17.6 Å². The molecule has 2 aliphatic rings. The highest BCUT2D eigenvalue weighted by molar-refractivity contribution is 6.24. The van der Waals surface area contributed by atoms with Crippen molar-refractivity contribution in [2.45, 2.75) is 38.0 Å². The van der Waals surface area contributed by atoms with Gasteiger partial charge in [0.05, 0.1) is 31.9 Å². The second kappa shape index (κ2) is 11.6. The van der Waals surface area contributed by atoms with E-state index in [-0.39, 0.29) is 40.4 Å². The van der Waals surface area contributed by atoms with Gasteiger partial charge in [0, 0.05) is 28.9 Å². The summed E-state index contributed by atoms with van der Waals surface area (Å²) in [4.78, 5) is 27.6. The molecule has 1 atom stereocenters. The Kier molecular flexibility index (Phi) is 8.12. The number of benzene rings is 3. The van der Waals surface area contributed by atoms with Gasteiger partial charge in [0.15, 0.2) is 23.1 Å². The number of nitrogens with one attached hydrogen (secondary N) is 1. The zero-order valence-corrected chi connectivity index (χ0v) is 24.3. The molecule has 0 spiro atoms. The predicted octanol–water partition coefficient (Wildman–Crippen LogP) is 5.94. The van der Waals surface area contributed by atoms with E-state index in [1.54, 1.807) is 6.92 Å². The molecule has 0 aliphatic carbocycles. The van der Waals surface area contributed by atoms with E-state index in [1.165, 1.54) is 37.4 Å². The number of anilines is 1. The Morgan fingerprint density at radius 1 is 1.02 bits per heavy atom. The van der Waals surface area contributed by atoms with Gasteiger partial charge >= 0.3 is 6.18 Å². The van der Waals surface area contributed by atoms with Gasteiger partial charge < -0.3 is 25.0 Å². The second-order valence-corrected chi connectivity index (χ2v) is 10.7. The molecular weight excluding hydrogens is 605 g/mol. The number of para-hydroxylation sites is 1. The Labute approximate surface area is 254 Å². The Morgan fingerprint density at radius 2 is 1.76 bits per heavy atom. The number of phenolic OH excluding ortho intramolecular Hbond substituents is 1. The lowest BCUT2D eigenvalue weighted by atomic mass is 9.90. The number of aliphatic hydroxyl groups excluding tert-OH is 1. The molecule has 2 heterocycles. The van der Waals surface area contributed by atoms with E-state index in [0.717, 1.165) is 35.3 Å². The van der Waals surface area contributed by atoms with Crippen molar-refractivity contribution in [3.8, 4) is 28.4 Å². The molecule has 2 aliphatic heterocycles. The fourth-order valence-corrected chi connectivity index (χ4v) is 5.75. The quantitative estimate of drug-likeness (QED) is 0.218. The molecule has 238 valence electrons. The minimum atomic E-state index is -4.74. The fraction of sp³-hybridized carbons (Fsp3) is 0.290. The lowest BCUT2D eigenvalue weighted by Crippen LogP contribution is -2.60. The van der Waals surface area contributed by atoms with Crippen LogP contribution in [0.15, 0.2) is 59.9 Å². The number of hydrazine groups is 1. The number of carbonyl (C=O) groups is 2. The zero-order chi connectivity index (χ0) is 32.8. The van der Waals surface area contributed by atoms with Crippen LogP contribution in [0.25, 0.3) is 11.1 Å². The molecule has 3 N–H and O–H groups in total. The SMILES string of the molecule is COc1cccc(-c2cc(C(F)(F)F)ccc2NC(=O)C2=C(O)C3(C)CCCN3N(Cc3ccc(O)c(F)c3F)C2=O)c1OC. The maximum atomic E-state index is 14.7. The van der Waals surface area contributed by atoms with Crippen LogP contribution < -0.4 is 14.8 Å². The number of phenols is 1.